The summed E-state index contributed by atoms with van der Waals surface area (Å²) in [5.41, 5.74) is 1.12. The topological polar surface area (TPSA) is 56.0 Å². The fourth-order valence-electron chi connectivity index (χ4n) is 3.24. The van der Waals surface area contributed by atoms with Crippen LogP contribution in [0.25, 0.3) is 5.69 Å². The zero-order valence-electron chi connectivity index (χ0n) is 13.6. The molecule has 1 aliphatic heterocycles. The van der Waals surface area contributed by atoms with Gasteiger partial charge in [-0.1, -0.05) is 0 Å². The number of halogens is 1. The van der Waals surface area contributed by atoms with Crippen molar-refractivity contribution in [3.8, 4) is 5.69 Å². The molecule has 1 aliphatic rings. The van der Waals surface area contributed by atoms with Gasteiger partial charge in [-0.3, -0.25) is 9.48 Å². The van der Waals surface area contributed by atoms with E-state index in [0.717, 1.165) is 25.1 Å². The van der Waals surface area contributed by atoms with E-state index >= 15 is 0 Å². The number of carbonyl (C=O) groups is 1. The van der Waals surface area contributed by atoms with E-state index in [4.69, 9.17) is 0 Å². The molecule has 1 fully saturated rings. The van der Waals surface area contributed by atoms with Gasteiger partial charge in [-0.25, -0.2) is 9.07 Å². The summed E-state index contributed by atoms with van der Waals surface area (Å²) in [4.78, 5) is 14.7. The van der Waals surface area contributed by atoms with Crippen LogP contribution in [0.4, 0.5) is 4.39 Å². The highest BCUT2D eigenvalue weighted by Gasteiger charge is 2.30. The molecular weight excluding hydrogens is 321 g/mol. The van der Waals surface area contributed by atoms with E-state index in [1.165, 1.54) is 12.1 Å². The number of benzene rings is 1. The van der Waals surface area contributed by atoms with Crippen LogP contribution in [-0.4, -0.2) is 43.0 Å². The fraction of sp³-hybridized carbons (Fsp3) is 0.278. The molecule has 0 radical (unpaired) electrons. The molecule has 7 heteroatoms. The molecule has 1 aromatic carbocycles. The minimum Gasteiger partial charge on any atom is -0.332 e. The quantitative estimate of drug-likeness (QED) is 0.734. The smallest absolute Gasteiger partial charge is 0.274 e. The van der Waals surface area contributed by atoms with Gasteiger partial charge in [0, 0.05) is 25.1 Å². The lowest BCUT2D eigenvalue weighted by Crippen LogP contribution is -2.38. The van der Waals surface area contributed by atoms with Crippen LogP contribution in [0, 0.1) is 5.82 Å². The Labute approximate surface area is 144 Å². The number of nitrogens with zero attached hydrogens (tertiary/aromatic N) is 5. The molecule has 128 valence electrons. The maximum Gasteiger partial charge on any atom is 0.274 e. The van der Waals surface area contributed by atoms with Gasteiger partial charge < -0.3 is 4.90 Å². The van der Waals surface area contributed by atoms with Crippen LogP contribution in [0.2, 0.25) is 0 Å². The van der Waals surface area contributed by atoms with Crippen LogP contribution >= 0.6 is 0 Å². The van der Waals surface area contributed by atoms with Crippen molar-refractivity contribution in [1.29, 1.82) is 0 Å². The number of hydrogen-bond donors (Lipinski definition) is 0. The van der Waals surface area contributed by atoms with Crippen LogP contribution < -0.4 is 0 Å². The zero-order valence-corrected chi connectivity index (χ0v) is 13.6. The van der Waals surface area contributed by atoms with Gasteiger partial charge in [0.15, 0.2) is 5.69 Å². The second kappa shape index (κ2) is 6.51. The average Bonchev–Trinajstić information content (AvgIpc) is 3.37. The Bertz CT molecular complexity index is 856. The third-order valence-corrected chi connectivity index (χ3v) is 4.49. The van der Waals surface area contributed by atoms with Crippen LogP contribution in [-0.2, 0) is 6.54 Å². The van der Waals surface area contributed by atoms with E-state index in [-0.39, 0.29) is 17.8 Å². The minimum atomic E-state index is -0.300. The summed E-state index contributed by atoms with van der Waals surface area (Å²) in [6, 6.07) is 9.72. The fourth-order valence-corrected chi connectivity index (χ4v) is 3.24. The molecule has 0 bridgehead atoms. The molecule has 0 aliphatic carbocycles. The molecule has 1 atom stereocenters. The molecule has 0 spiro atoms. The lowest BCUT2D eigenvalue weighted by molar-refractivity contribution is 0.0715. The zero-order chi connectivity index (χ0) is 17.2. The first-order valence-electron chi connectivity index (χ1n) is 8.31. The lowest BCUT2D eigenvalue weighted by atomic mass is 10.2. The van der Waals surface area contributed by atoms with Crippen molar-refractivity contribution in [2.45, 2.75) is 25.4 Å². The van der Waals surface area contributed by atoms with Crippen molar-refractivity contribution < 1.29 is 9.18 Å². The van der Waals surface area contributed by atoms with Gasteiger partial charge in [0.25, 0.3) is 5.91 Å². The van der Waals surface area contributed by atoms with Crippen molar-refractivity contribution in [2.24, 2.45) is 0 Å². The Morgan fingerprint density at radius 1 is 1.20 bits per heavy atom. The van der Waals surface area contributed by atoms with Gasteiger partial charge in [-0.15, -0.1) is 0 Å². The Kier molecular flexibility index (Phi) is 4.05. The summed E-state index contributed by atoms with van der Waals surface area (Å²) in [7, 11) is 0. The van der Waals surface area contributed by atoms with Crippen LogP contribution in [0.1, 0.15) is 23.3 Å². The van der Waals surface area contributed by atoms with E-state index in [9.17, 15) is 9.18 Å². The van der Waals surface area contributed by atoms with Gasteiger partial charge in [0.2, 0.25) is 0 Å². The van der Waals surface area contributed by atoms with Crippen molar-refractivity contribution in [3.05, 3.63) is 66.5 Å². The highest BCUT2D eigenvalue weighted by molar-refractivity contribution is 5.92. The molecule has 0 N–H and O–H groups in total. The predicted molar refractivity (Wildman–Crippen MR) is 89.8 cm³/mol. The Balaban J connectivity index is 1.51. The third kappa shape index (κ3) is 3.17. The van der Waals surface area contributed by atoms with E-state index in [1.807, 2.05) is 21.8 Å². The monoisotopic (exact) mass is 339 g/mol. The SMILES string of the molecule is O=C(c1ccn(-c2ccc(F)cc2)n1)N1CCC[C@H]1Cn1cccn1. The Morgan fingerprint density at radius 3 is 2.80 bits per heavy atom. The molecule has 2 aromatic heterocycles. The van der Waals surface area contributed by atoms with Crippen LogP contribution in [0.3, 0.4) is 0 Å². The second-order valence-corrected chi connectivity index (χ2v) is 6.14. The first-order valence-corrected chi connectivity index (χ1v) is 8.31. The van der Waals surface area contributed by atoms with Crippen molar-refractivity contribution in [2.75, 3.05) is 6.54 Å². The van der Waals surface area contributed by atoms with Crippen molar-refractivity contribution >= 4 is 5.91 Å². The van der Waals surface area contributed by atoms with Gasteiger partial charge in [-0.2, -0.15) is 10.2 Å². The lowest BCUT2D eigenvalue weighted by Gasteiger charge is -2.23. The summed E-state index contributed by atoms with van der Waals surface area (Å²) in [5.74, 6) is -0.374. The summed E-state index contributed by atoms with van der Waals surface area (Å²) >= 11 is 0. The number of rotatable bonds is 4. The Hall–Kier alpha value is -2.96. The van der Waals surface area contributed by atoms with Gasteiger partial charge in [0.1, 0.15) is 5.82 Å². The van der Waals surface area contributed by atoms with Gasteiger partial charge in [-0.05, 0) is 49.2 Å². The molecule has 25 heavy (non-hydrogen) atoms. The predicted octanol–water partition coefficient (Wildman–Crippen LogP) is 2.51. The normalized spacial score (nSPS) is 17.2. The molecular formula is C18H18FN5O. The molecule has 3 heterocycles. The highest BCUT2D eigenvalue weighted by Crippen LogP contribution is 2.21. The maximum atomic E-state index is 13.0. The molecule has 1 amide bonds. The largest absolute Gasteiger partial charge is 0.332 e. The molecule has 1 saturated heterocycles. The standard InChI is InChI=1S/C18H18FN5O/c19-14-4-6-15(7-5-14)24-12-8-17(21-24)18(25)23-11-1-3-16(23)13-22-10-2-9-20-22/h2,4-10,12,16H,1,3,11,13H2/t16-/m0/s1. The summed E-state index contributed by atoms with van der Waals surface area (Å²) in [5, 5.41) is 8.59. The molecule has 6 nitrogen and oxygen atoms in total. The number of aromatic nitrogens is 4. The minimum absolute atomic E-state index is 0.0736. The van der Waals surface area contributed by atoms with Crippen molar-refractivity contribution in [1.82, 2.24) is 24.5 Å². The van der Waals surface area contributed by atoms with Gasteiger partial charge >= 0.3 is 0 Å². The van der Waals surface area contributed by atoms with Crippen LogP contribution in [0.15, 0.2) is 55.0 Å². The summed E-state index contributed by atoms with van der Waals surface area (Å²) in [6.07, 6.45) is 7.31. The molecule has 0 unspecified atom stereocenters. The van der Waals surface area contributed by atoms with E-state index in [1.54, 1.807) is 35.3 Å². The van der Waals surface area contributed by atoms with E-state index in [2.05, 4.69) is 10.2 Å². The van der Waals surface area contributed by atoms with Crippen LogP contribution in [0.5, 0.6) is 0 Å². The number of amides is 1. The number of hydrogen-bond acceptors (Lipinski definition) is 3. The maximum absolute atomic E-state index is 13.0. The van der Waals surface area contributed by atoms with E-state index < -0.39 is 0 Å². The van der Waals surface area contributed by atoms with Crippen molar-refractivity contribution in [3.63, 3.8) is 0 Å². The third-order valence-electron chi connectivity index (χ3n) is 4.49. The first-order chi connectivity index (χ1) is 12.2. The molecule has 4 rings (SSSR count). The number of likely N-dealkylation sites (tertiary alicyclic amines) is 1. The second-order valence-electron chi connectivity index (χ2n) is 6.14. The van der Waals surface area contributed by atoms with E-state index in [0.29, 0.717) is 12.2 Å². The van der Waals surface area contributed by atoms with Gasteiger partial charge in [0.05, 0.1) is 18.3 Å². The summed E-state index contributed by atoms with van der Waals surface area (Å²) in [6.45, 7) is 1.42. The average molecular weight is 339 g/mol. The number of carbonyl (C=O) groups excluding carboxylic acids is 1. The molecule has 0 saturated carbocycles. The highest BCUT2D eigenvalue weighted by atomic mass is 19.1. The first kappa shape index (κ1) is 15.6. The Morgan fingerprint density at radius 2 is 2.04 bits per heavy atom. The summed E-state index contributed by atoms with van der Waals surface area (Å²) < 4.78 is 16.5. The molecule has 3 aromatic rings.